The minimum Gasteiger partial charge on any atom is -0.489 e. The first kappa shape index (κ1) is 30.7. The van der Waals surface area contributed by atoms with Crippen molar-refractivity contribution in [1.82, 2.24) is 16.0 Å². The van der Waals surface area contributed by atoms with Gasteiger partial charge in [-0.3, -0.25) is 19.2 Å². The zero-order chi connectivity index (χ0) is 28.4. The molecule has 0 aliphatic carbocycles. The number of ether oxygens (including phenoxy) is 1. The summed E-state index contributed by atoms with van der Waals surface area (Å²) >= 11 is 0. The largest absolute Gasteiger partial charge is 0.489 e. The minimum atomic E-state index is -0.991. The highest BCUT2D eigenvalue weighted by atomic mass is 33.1. The lowest BCUT2D eigenvalue weighted by Gasteiger charge is -2.27. The molecule has 39 heavy (non-hydrogen) atoms. The predicted molar refractivity (Wildman–Crippen MR) is 152 cm³/mol. The van der Waals surface area contributed by atoms with Crippen LogP contribution in [0.3, 0.4) is 0 Å². The Morgan fingerprint density at radius 3 is 2.49 bits per heavy atom. The first-order valence-corrected chi connectivity index (χ1v) is 15.5. The van der Waals surface area contributed by atoms with Crippen molar-refractivity contribution in [2.75, 3.05) is 18.1 Å². The molecule has 1 fully saturated rings. The van der Waals surface area contributed by atoms with Gasteiger partial charge in [-0.25, -0.2) is 4.39 Å². The van der Waals surface area contributed by atoms with Crippen LogP contribution in [0.1, 0.15) is 38.7 Å². The molecular weight excluding hydrogens is 541 g/mol. The van der Waals surface area contributed by atoms with E-state index in [0.29, 0.717) is 5.56 Å². The Balaban J connectivity index is 1.96. The molecule has 2 aliphatic heterocycles. The zero-order valence-corrected chi connectivity index (χ0v) is 23.9. The quantitative estimate of drug-likeness (QED) is 0.373. The van der Waals surface area contributed by atoms with Gasteiger partial charge >= 0.3 is 0 Å². The van der Waals surface area contributed by atoms with E-state index in [1.54, 1.807) is 22.9 Å². The number of rotatable bonds is 3. The van der Waals surface area contributed by atoms with Crippen LogP contribution in [-0.2, 0) is 30.3 Å². The highest BCUT2D eigenvalue weighted by Gasteiger charge is 2.32. The van der Waals surface area contributed by atoms with Gasteiger partial charge in [0.15, 0.2) is 0 Å². The third-order valence-corrected chi connectivity index (χ3v) is 8.90. The van der Waals surface area contributed by atoms with E-state index in [9.17, 15) is 23.6 Å². The van der Waals surface area contributed by atoms with Crippen LogP contribution in [0.25, 0.3) is 0 Å². The van der Waals surface area contributed by atoms with Gasteiger partial charge in [0.05, 0.1) is 6.54 Å². The molecule has 0 saturated carbocycles. The minimum absolute atomic E-state index is 0.0177. The second-order valence-corrected chi connectivity index (χ2v) is 12.6. The first-order chi connectivity index (χ1) is 18.6. The highest BCUT2D eigenvalue weighted by molar-refractivity contribution is 8.76. The van der Waals surface area contributed by atoms with Crippen molar-refractivity contribution in [3.8, 4) is 0 Å². The van der Waals surface area contributed by atoms with E-state index in [2.05, 4.69) is 22.5 Å². The summed E-state index contributed by atoms with van der Waals surface area (Å²) in [6.07, 6.45) is 4.10. The number of carbonyl (C=O) groups excluding carboxylic acids is 4. The maximum absolute atomic E-state index is 13.5. The zero-order valence-electron chi connectivity index (χ0n) is 22.2. The molecule has 11 heteroatoms. The summed E-state index contributed by atoms with van der Waals surface area (Å²) in [5.41, 5.74) is 0.654. The number of nitrogens with one attached hydrogen (secondary N) is 3. The maximum atomic E-state index is 13.5. The van der Waals surface area contributed by atoms with Crippen molar-refractivity contribution in [1.29, 1.82) is 0 Å². The molecule has 4 atom stereocenters. The van der Waals surface area contributed by atoms with E-state index in [1.807, 2.05) is 26.0 Å². The van der Waals surface area contributed by atoms with E-state index < -0.39 is 41.7 Å². The van der Waals surface area contributed by atoms with Gasteiger partial charge in [-0.2, -0.15) is 0 Å². The van der Waals surface area contributed by atoms with Gasteiger partial charge in [-0.1, -0.05) is 60.2 Å². The summed E-state index contributed by atoms with van der Waals surface area (Å²) in [6, 6.07) is 3.78. The molecular formula is C28H36FN3O5S2. The molecule has 1 unspecified atom stereocenters. The molecule has 2 heterocycles. The smallest absolute Gasteiger partial charge is 0.244 e. The van der Waals surface area contributed by atoms with Crippen LogP contribution in [-0.4, -0.2) is 59.7 Å². The predicted octanol–water partition coefficient (Wildman–Crippen LogP) is 3.33. The molecule has 0 spiro atoms. The molecule has 8 nitrogen and oxygen atoms in total. The molecule has 3 amide bonds. The average molecular weight is 578 g/mol. The van der Waals surface area contributed by atoms with Crippen molar-refractivity contribution in [2.24, 2.45) is 11.8 Å². The molecule has 2 bridgehead atoms. The van der Waals surface area contributed by atoms with E-state index >= 15 is 0 Å². The summed E-state index contributed by atoms with van der Waals surface area (Å²) in [6.45, 7) is 7.61. The SMILES string of the molecule is C=C1CNC(=O)[C@@H](Cc2ccc(F)cc2)NC(=O)[C@H]2CSSCC/C=C/C(CC(=O)C[C@H](C(C)C)C(=O)N2)O1. The summed E-state index contributed by atoms with van der Waals surface area (Å²) in [7, 11) is 3.02. The van der Waals surface area contributed by atoms with Crippen LogP contribution in [0.5, 0.6) is 0 Å². The number of hydrogen-bond acceptors (Lipinski definition) is 7. The topological polar surface area (TPSA) is 114 Å². The van der Waals surface area contributed by atoms with Crippen LogP contribution >= 0.6 is 21.6 Å². The summed E-state index contributed by atoms with van der Waals surface area (Å²) in [4.78, 5) is 53.0. The van der Waals surface area contributed by atoms with E-state index in [0.717, 1.165) is 12.2 Å². The summed E-state index contributed by atoms with van der Waals surface area (Å²) in [5, 5.41) is 8.36. The lowest BCUT2D eigenvalue weighted by atomic mass is 9.88. The normalized spacial score (nSPS) is 27.1. The molecule has 3 rings (SSSR count). The lowest BCUT2D eigenvalue weighted by Crippen LogP contribution is -2.56. The first-order valence-electron chi connectivity index (χ1n) is 13.0. The summed E-state index contributed by atoms with van der Waals surface area (Å²) < 4.78 is 19.4. The van der Waals surface area contributed by atoms with Gasteiger partial charge in [0.2, 0.25) is 17.7 Å². The van der Waals surface area contributed by atoms with E-state index in [4.69, 9.17) is 4.74 Å². The number of benzene rings is 1. The Morgan fingerprint density at radius 1 is 1.03 bits per heavy atom. The number of hydrogen-bond donors (Lipinski definition) is 3. The van der Waals surface area contributed by atoms with Gasteiger partial charge < -0.3 is 20.7 Å². The molecule has 1 saturated heterocycles. The molecule has 0 radical (unpaired) electrons. The van der Waals surface area contributed by atoms with Crippen molar-refractivity contribution >= 4 is 45.1 Å². The number of fused-ring (bicyclic) bond motifs is 7. The molecule has 2 aliphatic rings. The van der Waals surface area contributed by atoms with Crippen molar-refractivity contribution in [3.05, 3.63) is 60.1 Å². The fourth-order valence-electron chi connectivity index (χ4n) is 4.24. The van der Waals surface area contributed by atoms with Crippen molar-refractivity contribution in [2.45, 2.75) is 57.7 Å². The number of ketones is 1. The number of Topliss-reactive ketones (excluding diaryl/α,β-unsaturated/α-hetero) is 1. The molecule has 1 aromatic rings. The number of amides is 3. The Labute approximate surface area is 236 Å². The number of carbonyl (C=O) groups is 4. The Bertz CT molecular complexity index is 1080. The van der Waals surface area contributed by atoms with Crippen molar-refractivity contribution in [3.63, 3.8) is 0 Å². The Kier molecular flexibility index (Phi) is 11.9. The van der Waals surface area contributed by atoms with Crippen LogP contribution in [0.15, 0.2) is 48.8 Å². The Hall–Kier alpha value is -2.79. The number of allylic oxidation sites excluding steroid dienone is 1. The lowest BCUT2D eigenvalue weighted by molar-refractivity contribution is -0.135. The molecule has 1 aromatic carbocycles. The molecule has 0 aromatic heterocycles. The second-order valence-electron chi connectivity index (χ2n) is 9.99. The van der Waals surface area contributed by atoms with Gasteiger partial charge in [0.1, 0.15) is 35.5 Å². The monoisotopic (exact) mass is 577 g/mol. The van der Waals surface area contributed by atoms with Gasteiger partial charge in [0.25, 0.3) is 0 Å². The number of halogens is 1. The second kappa shape index (κ2) is 15.1. The van der Waals surface area contributed by atoms with Gasteiger partial charge in [0, 0.05) is 36.7 Å². The Morgan fingerprint density at radius 2 is 1.77 bits per heavy atom. The van der Waals surface area contributed by atoms with Gasteiger partial charge in [-0.05, 0) is 36.1 Å². The molecule has 212 valence electrons. The molecule has 3 N–H and O–H groups in total. The standard InChI is InChI=1S/C28H36FN3O5S2/c1-17(2)23-14-21(33)13-22-6-4-5-11-38-39-16-25(32-26(23)34)28(36)31-24(27(35)30-15-18(3)37-22)12-19-7-9-20(29)10-8-19/h4,6-10,17,22-25H,3,5,11-16H2,1-2H3,(H,30,35)(H,31,36)(H,32,34)/b6-4+/t22?,23-,24-,25-/m1/s1. The van der Waals surface area contributed by atoms with Crippen LogP contribution < -0.4 is 16.0 Å². The average Bonchev–Trinajstić information content (AvgIpc) is 2.88. The van der Waals surface area contributed by atoms with Crippen molar-refractivity contribution < 1.29 is 28.3 Å². The maximum Gasteiger partial charge on any atom is 0.244 e. The van der Waals surface area contributed by atoms with E-state index in [1.165, 1.54) is 22.9 Å². The summed E-state index contributed by atoms with van der Waals surface area (Å²) in [5.74, 6) is -1.41. The highest BCUT2D eigenvalue weighted by Crippen LogP contribution is 2.25. The fraction of sp³-hybridized carbons (Fsp3) is 0.500. The third kappa shape index (κ3) is 10.0. The van der Waals surface area contributed by atoms with Crippen LogP contribution in [0, 0.1) is 17.7 Å². The van der Waals surface area contributed by atoms with E-state index in [-0.39, 0.29) is 54.9 Å². The van der Waals surface area contributed by atoms with Crippen LogP contribution in [0.4, 0.5) is 4.39 Å². The van der Waals surface area contributed by atoms with Gasteiger partial charge in [-0.15, -0.1) is 0 Å². The third-order valence-electron chi connectivity index (χ3n) is 6.45. The van der Waals surface area contributed by atoms with Crippen LogP contribution in [0.2, 0.25) is 0 Å². The fourth-order valence-corrected chi connectivity index (χ4v) is 6.39.